The van der Waals surface area contributed by atoms with Crippen LogP contribution in [0.5, 0.6) is 0 Å². The van der Waals surface area contributed by atoms with Crippen LogP contribution in [0.1, 0.15) is 0 Å². The Morgan fingerprint density at radius 3 is 1.62 bits per heavy atom. The number of nitrogens with zero attached hydrogens (tertiary/aromatic N) is 3. The highest BCUT2D eigenvalue weighted by Gasteiger charge is 2.27. The predicted molar refractivity (Wildman–Crippen MR) is 122 cm³/mol. The zero-order valence-electron chi connectivity index (χ0n) is 15.8. The Bertz CT molecular complexity index is 1190. The SMILES string of the molecule is c1ccc(P(=Nc2cccc3nccn23)(c2ccccc2)c2ccccc2)cc1. The van der Waals surface area contributed by atoms with Crippen LogP contribution in [0.25, 0.3) is 5.65 Å². The predicted octanol–water partition coefficient (Wildman–Crippen LogP) is 5.14. The summed E-state index contributed by atoms with van der Waals surface area (Å²) in [5, 5.41) is 3.69. The van der Waals surface area contributed by atoms with Crippen molar-refractivity contribution >= 4 is 34.4 Å². The van der Waals surface area contributed by atoms with E-state index in [0.717, 1.165) is 11.5 Å². The summed E-state index contributed by atoms with van der Waals surface area (Å²) in [4.78, 5) is 4.44. The molecule has 0 aliphatic heterocycles. The van der Waals surface area contributed by atoms with E-state index in [9.17, 15) is 0 Å². The molecule has 0 spiro atoms. The van der Waals surface area contributed by atoms with Gasteiger partial charge in [0.2, 0.25) is 0 Å². The van der Waals surface area contributed by atoms with Gasteiger partial charge in [0.25, 0.3) is 0 Å². The molecule has 5 rings (SSSR count). The van der Waals surface area contributed by atoms with Crippen LogP contribution in [0.15, 0.2) is 126 Å². The molecule has 0 bridgehead atoms. The van der Waals surface area contributed by atoms with Crippen LogP contribution in [-0.2, 0) is 0 Å². The lowest BCUT2D eigenvalue weighted by Crippen LogP contribution is -2.25. The van der Waals surface area contributed by atoms with Crippen molar-refractivity contribution in [1.82, 2.24) is 9.38 Å². The van der Waals surface area contributed by atoms with E-state index in [2.05, 4.69) is 106 Å². The summed E-state index contributed by atoms with van der Waals surface area (Å²) in [7, 11) is -2.28. The monoisotopic (exact) mass is 393 g/mol. The minimum Gasteiger partial charge on any atom is -0.284 e. The molecule has 2 aromatic heterocycles. The highest BCUT2D eigenvalue weighted by Crippen LogP contribution is 2.49. The number of pyridine rings is 1. The molecule has 0 aliphatic carbocycles. The Morgan fingerprint density at radius 2 is 1.10 bits per heavy atom. The second kappa shape index (κ2) is 7.54. The van der Waals surface area contributed by atoms with Crippen molar-refractivity contribution in [2.45, 2.75) is 0 Å². The maximum atomic E-state index is 5.54. The lowest BCUT2D eigenvalue weighted by atomic mass is 10.4. The molecule has 3 nitrogen and oxygen atoms in total. The summed E-state index contributed by atoms with van der Waals surface area (Å²) >= 11 is 0. The summed E-state index contributed by atoms with van der Waals surface area (Å²) in [5.74, 6) is 0.907. The Kier molecular flexibility index (Phi) is 4.59. The van der Waals surface area contributed by atoms with E-state index in [1.807, 2.05) is 24.5 Å². The summed E-state index contributed by atoms with van der Waals surface area (Å²) in [5.41, 5.74) is 0.901. The van der Waals surface area contributed by atoms with Gasteiger partial charge in [-0.05, 0) is 12.1 Å². The van der Waals surface area contributed by atoms with Crippen LogP contribution in [0.4, 0.5) is 5.82 Å². The normalized spacial score (nSPS) is 11.4. The van der Waals surface area contributed by atoms with E-state index in [0.29, 0.717) is 0 Å². The molecule has 29 heavy (non-hydrogen) atoms. The number of hydrogen-bond acceptors (Lipinski definition) is 2. The van der Waals surface area contributed by atoms with Crippen LogP contribution in [-0.4, -0.2) is 9.38 Å². The Balaban J connectivity index is 1.95. The molecular formula is C25H20N3P. The van der Waals surface area contributed by atoms with Crippen molar-refractivity contribution in [3.63, 3.8) is 0 Å². The topological polar surface area (TPSA) is 29.7 Å². The molecule has 3 aromatic carbocycles. The van der Waals surface area contributed by atoms with Crippen molar-refractivity contribution in [2.75, 3.05) is 0 Å². The van der Waals surface area contributed by atoms with Gasteiger partial charge in [-0.1, -0.05) is 97.1 Å². The molecule has 4 heteroatoms. The van der Waals surface area contributed by atoms with E-state index in [4.69, 9.17) is 4.74 Å². The molecule has 140 valence electrons. The van der Waals surface area contributed by atoms with Crippen molar-refractivity contribution in [1.29, 1.82) is 0 Å². The number of benzene rings is 3. The van der Waals surface area contributed by atoms with Crippen molar-refractivity contribution in [3.8, 4) is 0 Å². The van der Waals surface area contributed by atoms with Crippen molar-refractivity contribution < 1.29 is 0 Å². The molecule has 0 saturated heterocycles. The van der Waals surface area contributed by atoms with E-state index < -0.39 is 7.05 Å². The molecule has 0 fully saturated rings. The van der Waals surface area contributed by atoms with Gasteiger partial charge >= 0.3 is 0 Å². The second-order valence-electron chi connectivity index (χ2n) is 6.78. The first-order chi connectivity index (χ1) is 14.4. The van der Waals surface area contributed by atoms with Gasteiger partial charge in [-0.15, -0.1) is 0 Å². The smallest absolute Gasteiger partial charge is 0.138 e. The first-order valence-electron chi connectivity index (χ1n) is 9.59. The van der Waals surface area contributed by atoms with Crippen LogP contribution >= 0.6 is 7.05 Å². The van der Waals surface area contributed by atoms with E-state index in [1.165, 1.54) is 15.9 Å². The summed E-state index contributed by atoms with van der Waals surface area (Å²) in [6.07, 6.45) is 3.80. The van der Waals surface area contributed by atoms with Gasteiger partial charge in [0.15, 0.2) is 0 Å². The summed E-state index contributed by atoms with van der Waals surface area (Å²) in [6, 6.07) is 38.1. The molecule has 0 saturated carbocycles. The minimum absolute atomic E-state index is 0.901. The van der Waals surface area contributed by atoms with E-state index in [1.54, 1.807) is 0 Å². The maximum absolute atomic E-state index is 5.54. The first kappa shape index (κ1) is 17.7. The third kappa shape index (κ3) is 3.10. The summed E-state index contributed by atoms with van der Waals surface area (Å²) < 4.78 is 7.59. The number of rotatable bonds is 4. The van der Waals surface area contributed by atoms with Gasteiger partial charge in [0.1, 0.15) is 11.5 Å². The Hall–Kier alpha value is -3.42. The number of aromatic nitrogens is 2. The van der Waals surface area contributed by atoms with Gasteiger partial charge in [-0.2, -0.15) is 0 Å². The molecule has 0 radical (unpaired) electrons. The second-order valence-corrected chi connectivity index (χ2v) is 9.80. The molecule has 0 N–H and O–H groups in total. The summed E-state index contributed by atoms with van der Waals surface area (Å²) in [6.45, 7) is 0. The van der Waals surface area contributed by atoms with Crippen molar-refractivity contribution in [2.24, 2.45) is 4.74 Å². The van der Waals surface area contributed by atoms with Crippen LogP contribution in [0.2, 0.25) is 0 Å². The zero-order valence-corrected chi connectivity index (χ0v) is 16.7. The quantitative estimate of drug-likeness (QED) is 0.389. The lowest BCUT2D eigenvalue weighted by Gasteiger charge is -2.27. The molecule has 0 amide bonds. The molecule has 5 aromatic rings. The molecular weight excluding hydrogens is 373 g/mol. The van der Waals surface area contributed by atoms with Gasteiger partial charge in [-0.25, -0.2) is 9.73 Å². The number of hydrogen-bond donors (Lipinski definition) is 0. The standard InChI is InChI=1S/C25H20N3P/c1-4-11-21(12-5-1)29(22-13-6-2-7-14-22,23-15-8-3-9-16-23)27-25-18-10-17-24-26-19-20-28(24)25/h1-20H. The van der Waals surface area contributed by atoms with Gasteiger partial charge in [0, 0.05) is 28.3 Å². The molecule has 0 unspecified atom stereocenters. The highest BCUT2D eigenvalue weighted by atomic mass is 31.2. The van der Waals surface area contributed by atoms with Crippen molar-refractivity contribution in [3.05, 3.63) is 122 Å². The lowest BCUT2D eigenvalue weighted by molar-refractivity contribution is 1.17. The zero-order chi connectivity index (χ0) is 19.5. The minimum atomic E-state index is -2.28. The molecule has 2 heterocycles. The fourth-order valence-electron chi connectivity index (χ4n) is 3.72. The van der Waals surface area contributed by atoms with Gasteiger partial charge < -0.3 is 0 Å². The molecule has 0 aliphatic rings. The fraction of sp³-hybridized carbons (Fsp3) is 0. The number of fused-ring (bicyclic) bond motifs is 1. The fourth-order valence-corrected chi connectivity index (χ4v) is 7.24. The largest absolute Gasteiger partial charge is 0.284 e. The van der Waals surface area contributed by atoms with E-state index in [-0.39, 0.29) is 0 Å². The van der Waals surface area contributed by atoms with Gasteiger partial charge in [-0.3, -0.25) is 4.40 Å². The maximum Gasteiger partial charge on any atom is 0.138 e. The average molecular weight is 393 g/mol. The third-order valence-corrected chi connectivity index (χ3v) is 8.69. The van der Waals surface area contributed by atoms with Crippen LogP contribution in [0, 0.1) is 0 Å². The Morgan fingerprint density at radius 1 is 0.586 bits per heavy atom. The average Bonchev–Trinajstić information content (AvgIpc) is 3.29. The van der Waals surface area contributed by atoms with Crippen LogP contribution < -0.4 is 15.9 Å². The van der Waals surface area contributed by atoms with Crippen LogP contribution in [0.3, 0.4) is 0 Å². The van der Waals surface area contributed by atoms with E-state index >= 15 is 0 Å². The highest BCUT2D eigenvalue weighted by molar-refractivity contribution is 7.87. The third-order valence-electron chi connectivity index (χ3n) is 5.05. The van der Waals surface area contributed by atoms with Gasteiger partial charge in [0.05, 0.1) is 7.05 Å². The molecule has 0 atom stereocenters. The number of imidazole rings is 1. The Labute approximate surface area is 170 Å². The first-order valence-corrected chi connectivity index (χ1v) is 11.3.